The second-order valence-corrected chi connectivity index (χ2v) is 6.04. The first-order chi connectivity index (χ1) is 9.86. The van der Waals surface area contributed by atoms with Gasteiger partial charge in [-0.1, -0.05) is 36.8 Å². The first-order valence-corrected chi connectivity index (χ1v) is 7.99. The van der Waals surface area contributed by atoms with Crippen LogP contribution in [0.2, 0.25) is 0 Å². The number of nitrogens with zero attached hydrogens (tertiary/aromatic N) is 2. The summed E-state index contributed by atoms with van der Waals surface area (Å²) >= 11 is 1.79. The van der Waals surface area contributed by atoms with Crippen LogP contribution in [0.3, 0.4) is 0 Å². The second kappa shape index (κ2) is 6.14. The van der Waals surface area contributed by atoms with Crippen LogP contribution in [0.25, 0.3) is 10.2 Å². The maximum absolute atomic E-state index is 4.79. The van der Waals surface area contributed by atoms with E-state index >= 15 is 0 Å². The minimum atomic E-state index is 0.951. The molecule has 3 rings (SSSR count). The molecule has 0 fully saturated rings. The van der Waals surface area contributed by atoms with Gasteiger partial charge in [-0.25, -0.2) is 17.1 Å². The molecular formula is C17H19N2S-. The topological polar surface area (TPSA) is 16.1 Å². The molecule has 104 valence electrons. The Morgan fingerprint density at radius 1 is 1.20 bits per heavy atom. The van der Waals surface area contributed by atoms with Crippen molar-refractivity contribution in [1.29, 1.82) is 0 Å². The molecule has 2 aromatic carbocycles. The zero-order chi connectivity index (χ0) is 13.8. The Morgan fingerprint density at radius 3 is 2.85 bits per heavy atom. The van der Waals surface area contributed by atoms with Crippen LogP contribution in [0, 0.1) is 0 Å². The summed E-state index contributed by atoms with van der Waals surface area (Å²) in [6.07, 6.45) is 2.42. The van der Waals surface area contributed by atoms with Crippen LogP contribution >= 0.6 is 11.3 Å². The van der Waals surface area contributed by atoms with E-state index in [1.54, 1.807) is 11.3 Å². The van der Waals surface area contributed by atoms with Crippen molar-refractivity contribution in [3.8, 4) is 0 Å². The predicted molar refractivity (Wildman–Crippen MR) is 87.6 cm³/mol. The summed E-state index contributed by atoms with van der Waals surface area (Å²) in [5.74, 6) is 0. The van der Waals surface area contributed by atoms with Crippen LogP contribution < -0.4 is 4.90 Å². The van der Waals surface area contributed by atoms with Gasteiger partial charge >= 0.3 is 0 Å². The standard InChI is InChI=1S/C17H19N2S/c1-2-3-12-19(13-14-8-4-5-9-14)17-18-15-10-6-7-11-16(15)20-17/h4-11H,2-3,12-13H2,1H3/q-1. The highest BCUT2D eigenvalue weighted by atomic mass is 32.1. The smallest absolute Gasteiger partial charge is 0.186 e. The molecule has 0 aliphatic heterocycles. The lowest BCUT2D eigenvalue weighted by molar-refractivity contribution is 0.715. The summed E-state index contributed by atoms with van der Waals surface area (Å²) in [4.78, 5) is 7.20. The minimum absolute atomic E-state index is 0.951. The Hall–Kier alpha value is -1.74. The first kappa shape index (κ1) is 13.3. The van der Waals surface area contributed by atoms with Gasteiger partial charge in [-0.05, 0) is 18.6 Å². The zero-order valence-corrected chi connectivity index (χ0v) is 12.6. The number of anilines is 1. The molecule has 0 bridgehead atoms. The molecule has 0 radical (unpaired) electrons. The van der Waals surface area contributed by atoms with Crippen molar-refractivity contribution in [3.05, 3.63) is 54.1 Å². The van der Waals surface area contributed by atoms with E-state index in [-0.39, 0.29) is 0 Å². The van der Waals surface area contributed by atoms with Crippen molar-refractivity contribution < 1.29 is 0 Å². The molecule has 1 heterocycles. The highest BCUT2D eigenvalue weighted by Gasteiger charge is 2.11. The van der Waals surface area contributed by atoms with Gasteiger partial charge in [0.25, 0.3) is 0 Å². The van der Waals surface area contributed by atoms with Crippen molar-refractivity contribution in [2.24, 2.45) is 0 Å². The maximum Gasteiger partial charge on any atom is 0.186 e. The monoisotopic (exact) mass is 283 g/mol. The lowest BCUT2D eigenvalue weighted by Gasteiger charge is -2.22. The maximum atomic E-state index is 4.79. The number of rotatable bonds is 6. The van der Waals surface area contributed by atoms with Crippen molar-refractivity contribution >= 4 is 26.7 Å². The van der Waals surface area contributed by atoms with Crippen molar-refractivity contribution in [3.63, 3.8) is 0 Å². The number of fused-ring (bicyclic) bond motifs is 1. The summed E-state index contributed by atoms with van der Waals surface area (Å²) in [5, 5.41) is 1.14. The molecule has 1 aromatic heterocycles. The van der Waals surface area contributed by atoms with Gasteiger partial charge in [-0.2, -0.15) is 12.1 Å². The molecular weight excluding hydrogens is 264 g/mol. The molecule has 20 heavy (non-hydrogen) atoms. The van der Waals surface area contributed by atoms with Crippen LogP contribution in [-0.2, 0) is 6.54 Å². The molecule has 0 saturated heterocycles. The average molecular weight is 283 g/mol. The highest BCUT2D eigenvalue weighted by molar-refractivity contribution is 7.22. The largest absolute Gasteiger partial charge is 0.346 e. The molecule has 0 aliphatic carbocycles. The lowest BCUT2D eigenvalue weighted by Crippen LogP contribution is -2.23. The third-order valence-electron chi connectivity index (χ3n) is 3.44. The number of para-hydroxylation sites is 1. The van der Waals surface area contributed by atoms with Gasteiger partial charge in [-0.3, -0.25) is 0 Å². The third kappa shape index (κ3) is 2.88. The molecule has 2 nitrogen and oxygen atoms in total. The number of thiazole rings is 1. The van der Waals surface area contributed by atoms with Gasteiger partial charge in [0.15, 0.2) is 5.13 Å². The van der Waals surface area contributed by atoms with Crippen LogP contribution in [0.15, 0.2) is 48.5 Å². The molecule has 0 aliphatic rings. The number of hydrogen-bond acceptors (Lipinski definition) is 3. The first-order valence-electron chi connectivity index (χ1n) is 7.18. The van der Waals surface area contributed by atoms with E-state index in [1.807, 2.05) is 0 Å². The number of unbranched alkanes of at least 4 members (excludes halogenated alkanes) is 1. The van der Waals surface area contributed by atoms with Gasteiger partial charge < -0.3 is 4.90 Å². The fourth-order valence-corrected chi connectivity index (χ4v) is 3.32. The Balaban J connectivity index is 1.87. The van der Waals surface area contributed by atoms with Gasteiger partial charge in [-0.15, -0.1) is 5.56 Å². The lowest BCUT2D eigenvalue weighted by atomic mass is 10.3. The van der Waals surface area contributed by atoms with Crippen LogP contribution in [0.5, 0.6) is 0 Å². The van der Waals surface area contributed by atoms with E-state index in [1.165, 1.54) is 23.1 Å². The number of aromatic nitrogens is 1. The molecule has 0 unspecified atom stereocenters. The van der Waals surface area contributed by atoms with E-state index in [2.05, 4.69) is 60.4 Å². The van der Waals surface area contributed by atoms with Crippen molar-refractivity contribution in [1.82, 2.24) is 4.98 Å². The molecule has 3 heteroatoms. The van der Waals surface area contributed by atoms with Gasteiger partial charge in [0.2, 0.25) is 0 Å². The zero-order valence-electron chi connectivity index (χ0n) is 11.7. The third-order valence-corrected chi connectivity index (χ3v) is 4.54. The molecule has 0 amide bonds. The van der Waals surface area contributed by atoms with Crippen LogP contribution in [0.4, 0.5) is 5.13 Å². The average Bonchev–Trinajstić information content (AvgIpc) is 3.12. The second-order valence-electron chi connectivity index (χ2n) is 5.03. The minimum Gasteiger partial charge on any atom is -0.346 e. The summed E-state index contributed by atoms with van der Waals surface area (Å²) in [6, 6.07) is 17.0. The summed E-state index contributed by atoms with van der Waals surface area (Å²) in [6.45, 7) is 4.26. The van der Waals surface area contributed by atoms with Crippen LogP contribution in [0.1, 0.15) is 25.3 Å². The summed E-state index contributed by atoms with van der Waals surface area (Å²) in [5.41, 5.74) is 2.47. The summed E-state index contributed by atoms with van der Waals surface area (Å²) < 4.78 is 1.27. The van der Waals surface area contributed by atoms with Gasteiger partial charge in [0.1, 0.15) is 0 Å². The quantitative estimate of drug-likeness (QED) is 0.603. The predicted octanol–water partition coefficient (Wildman–Crippen LogP) is 4.82. The van der Waals surface area contributed by atoms with Crippen molar-refractivity contribution in [2.75, 3.05) is 11.4 Å². The molecule has 3 aromatic rings. The van der Waals surface area contributed by atoms with Gasteiger partial charge in [0.05, 0.1) is 10.2 Å². The Morgan fingerprint density at radius 2 is 2.10 bits per heavy atom. The van der Waals surface area contributed by atoms with Crippen molar-refractivity contribution in [2.45, 2.75) is 26.3 Å². The van der Waals surface area contributed by atoms with Gasteiger partial charge in [0, 0.05) is 13.1 Å². The highest BCUT2D eigenvalue weighted by Crippen LogP contribution is 2.29. The molecule has 0 atom stereocenters. The Kier molecular flexibility index (Phi) is 4.07. The Bertz CT molecular complexity index is 622. The fraction of sp³-hybridized carbons (Fsp3) is 0.294. The van der Waals surface area contributed by atoms with E-state index in [4.69, 9.17) is 4.98 Å². The number of hydrogen-bond donors (Lipinski definition) is 0. The summed E-state index contributed by atoms with van der Waals surface area (Å²) in [7, 11) is 0. The van der Waals surface area contributed by atoms with E-state index in [9.17, 15) is 0 Å². The normalized spacial score (nSPS) is 11.1. The molecule has 0 N–H and O–H groups in total. The van der Waals surface area contributed by atoms with E-state index < -0.39 is 0 Å². The van der Waals surface area contributed by atoms with E-state index in [0.717, 1.165) is 23.7 Å². The fourth-order valence-electron chi connectivity index (χ4n) is 2.33. The number of benzene rings is 1. The Labute approximate surface area is 124 Å². The molecule has 0 saturated carbocycles. The van der Waals surface area contributed by atoms with Crippen LogP contribution in [-0.4, -0.2) is 11.5 Å². The van der Waals surface area contributed by atoms with E-state index in [0.29, 0.717) is 0 Å². The SMILES string of the molecule is CCCCN(Cc1ccc[cH-]1)c1nc2ccccc2s1. The molecule has 0 spiro atoms.